The Hall–Kier alpha value is -1.35. The average molecular weight is 476 g/mol. The summed E-state index contributed by atoms with van der Waals surface area (Å²) in [5.41, 5.74) is 1.72. The zero-order valence-electron chi connectivity index (χ0n) is 16.3. The summed E-state index contributed by atoms with van der Waals surface area (Å²) in [4.78, 5) is 16.4. The lowest BCUT2D eigenvalue weighted by Crippen LogP contribution is -2.37. The highest BCUT2D eigenvalue weighted by Gasteiger charge is 2.09. The van der Waals surface area contributed by atoms with Crippen LogP contribution in [0.25, 0.3) is 0 Å². The molecule has 0 spiro atoms. The number of halogens is 1. The van der Waals surface area contributed by atoms with Crippen LogP contribution < -0.4 is 16.0 Å². The summed E-state index contributed by atoms with van der Waals surface area (Å²) in [6.45, 7) is 8.95. The quantitative estimate of drug-likeness (QED) is 0.210. The second kappa shape index (κ2) is 14.8. The summed E-state index contributed by atoms with van der Waals surface area (Å²) in [6, 6.07) is 7.82. The van der Waals surface area contributed by atoms with Crippen molar-refractivity contribution in [3.63, 3.8) is 0 Å². The number of carbonyl (C=O) groups excluding carboxylic acids is 1. The minimum absolute atomic E-state index is 0. The van der Waals surface area contributed by atoms with Crippen molar-refractivity contribution in [1.82, 2.24) is 16.0 Å². The maximum absolute atomic E-state index is 12.2. The molecule has 0 aromatic heterocycles. The van der Waals surface area contributed by atoms with Gasteiger partial charge in [0.2, 0.25) is 0 Å². The predicted molar refractivity (Wildman–Crippen MR) is 118 cm³/mol. The smallest absolute Gasteiger partial charge is 0.251 e. The Bertz CT molecular complexity index is 552. The first kappa shape index (κ1) is 24.7. The fourth-order valence-corrected chi connectivity index (χ4v) is 2.16. The van der Waals surface area contributed by atoms with E-state index in [4.69, 9.17) is 4.74 Å². The number of aliphatic imine (C=N–C) groups is 1. The van der Waals surface area contributed by atoms with E-state index in [0.29, 0.717) is 12.1 Å². The second-order valence-corrected chi connectivity index (χ2v) is 5.89. The normalized spacial score (nSPS) is 12.1. The maximum atomic E-state index is 12.2. The fourth-order valence-electron chi connectivity index (χ4n) is 2.16. The Labute approximate surface area is 174 Å². The predicted octanol–water partition coefficient (Wildman–Crippen LogP) is 2.92. The summed E-state index contributed by atoms with van der Waals surface area (Å²) in [5.74, 6) is 0.709. The molecular formula is C19H33IN4O2. The van der Waals surface area contributed by atoms with Crippen LogP contribution in [0.3, 0.4) is 0 Å². The van der Waals surface area contributed by atoms with Gasteiger partial charge in [-0.15, -0.1) is 24.0 Å². The molecule has 7 heteroatoms. The molecule has 0 radical (unpaired) electrons. The minimum Gasteiger partial charge on any atom is -0.382 e. The molecule has 1 rings (SSSR count). The van der Waals surface area contributed by atoms with Crippen molar-refractivity contribution in [1.29, 1.82) is 0 Å². The molecule has 1 aromatic rings. The molecule has 1 unspecified atom stereocenters. The highest BCUT2D eigenvalue weighted by atomic mass is 127. The number of nitrogens with one attached hydrogen (secondary N) is 3. The van der Waals surface area contributed by atoms with Gasteiger partial charge in [-0.25, -0.2) is 0 Å². The standard InChI is InChI=1S/C19H32N4O2.HI/c1-5-15(3)23-18(24)17-10-7-9-16(13-17)14-22-19(20-4)21-11-8-12-25-6-2;/h7,9-10,13,15H,5-6,8,11-12,14H2,1-4H3,(H,23,24)(H2,20,21,22);1H. The van der Waals surface area contributed by atoms with E-state index < -0.39 is 0 Å². The first-order valence-electron chi connectivity index (χ1n) is 9.02. The van der Waals surface area contributed by atoms with E-state index in [1.165, 1.54) is 0 Å². The summed E-state index contributed by atoms with van der Waals surface area (Å²) in [5, 5.41) is 9.50. The topological polar surface area (TPSA) is 74.8 Å². The molecule has 0 saturated carbocycles. The lowest BCUT2D eigenvalue weighted by atomic mass is 10.1. The molecule has 0 heterocycles. The third-order valence-corrected chi connectivity index (χ3v) is 3.82. The van der Waals surface area contributed by atoms with Crippen LogP contribution in [0.4, 0.5) is 0 Å². The Morgan fingerprint density at radius 1 is 1.27 bits per heavy atom. The van der Waals surface area contributed by atoms with E-state index in [9.17, 15) is 4.79 Å². The van der Waals surface area contributed by atoms with Crippen molar-refractivity contribution in [2.45, 2.75) is 46.2 Å². The Kier molecular flexibility index (Phi) is 14.0. The van der Waals surface area contributed by atoms with Gasteiger partial charge in [-0.05, 0) is 44.4 Å². The van der Waals surface area contributed by atoms with Gasteiger partial charge >= 0.3 is 0 Å². The van der Waals surface area contributed by atoms with Crippen molar-refractivity contribution < 1.29 is 9.53 Å². The highest BCUT2D eigenvalue weighted by molar-refractivity contribution is 14.0. The molecule has 26 heavy (non-hydrogen) atoms. The molecule has 148 valence electrons. The zero-order valence-corrected chi connectivity index (χ0v) is 18.6. The number of carbonyl (C=O) groups is 1. The molecule has 6 nitrogen and oxygen atoms in total. The first-order valence-corrected chi connectivity index (χ1v) is 9.02. The van der Waals surface area contributed by atoms with Gasteiger partial charge in [0.25, 0.3) is 5.91 Å². The number of benzene rings is 1. The minimum atomic E-state index is -0.0327. The van der Waals surface area contributed by atoms with E-state index >= 15 is 0 Å². The Morgan fingerprint density at radius 3 is 2.69 bits per heavy atom. The van der Waals surface area contributed by atoms with Crippen molar-refractivity contribution in [3.8, 4) is 0 Å². The Balaban J connectivity index is 0.00000625. The van der Waals surface area contributed by atoms with Crippen molar-refractivity contribution >= 4 is 35.8 Å². The molecule has 1 atom stereocenters. The summed E-state index contributed by atoms with van der Waals surface area (Å²) >= 11 is 0. The van der Waals surface area contributed by atoms with Gasteiger partial charge in [-0.3, -0.25) is 9.79 Å². The third-order valence-electron chi connectivity index (χ3n) is 3.82. The van der Waals surface area contributed by atoms with Crippen molar-refractivity contribution in [2.24, 2.45) is 4.99 Å². The van der Waals surface area contributed by atoms with E-state index in [2.05, 4.69) is 27.9 Å². The lowest BCUT2D eigenvalue weighted by molar-refractivity contribution is 0.0939. The summed E-state index contributed by atoms with van der Waals surface area (Å²) in [6.07, 6.45) is 1.85. The van der Waals surface area contributed by atoms with Gasteiger partial charge in [-0.2, -0.15) is 0 Å². The van der Waals surface area contributed by atoms with Crippen LogP contribution in [0.2, 0.25) is 0 Å². The zero-order chi connectivity index (χ0) is 18.5. The number of nitrogens with zero attached hydrogens (tertiary/aromatic N) is 1. The molecule has 3 N–H and O–H groups in total. The van der Waals surface area contributed by atoms with Gasteiger partial charge in [0, 0.05) is 45.0 Å². The van der Waals surface area contributed by atoms with Crippen molar-refractivity contribution in [3.05, 3.63) is 35.4 Å². The van der Waals surface area contributed by atoms with Crippen LogP contribution >= 0.6 is 24.0 Å². The summed E-state index contributed by atoms with van der Waals surface area (Å²) in [7, 11) is 1.74. The van der Waals surface area contributed by atoms with Crippen LogP contribution in [-0.2, 0) is 11.3 Å². The van der Waals surface area contributed by atoms with E-state index in [1.807, 2.05) is 38.1 Å². The highest BCUT2D eigenvalue weighted by Crippen LogP contribution is 2.06. The molecule has 0 aliphatic rings. The van der Waals surface area contributed by atoms with E-state index in [-0.39, 0.29) is 35.9 Å². The molecular weight excluding hydrogens is 443 g/mol. The van der Waals surface area contributed by atoms with E-state index in [0.717, 1.165) is 44.1 Å². The number of hydrogen-bond acceptors (Lipinski definition) is 3. The lowest BCUT2D eigenvalue weighted by Gasteiger charge is -2.14. The number of rotatable bonds is 10. The molecule has 0 aliphatic carbocycles. The van der Waals surface area contributed by atoms with Gasteiger partial charge in [-0.1, -0.05) is 19.1 Å². The molecule has 0 saturated heterocycles. The van der Waals surface area contributed by atoms with Crippen LogP contribution in [0.1, 0.15) is 49.5 Å². The van der Waals surface area contributed by atoms with Crippen LogP contribution in [-0.4, -0.2) is 44.7 Å². The van der Waals surface area contributed by atoms with Gasteiger partial charge < -0.3 is 20.7 Å². The largest absolute Gasteiger partial charge is 0.382 e. The Morgan fingerprint density at radius 2 is 2.04 bits per heavy atom. The van der Waals surface area contributed by atoms with E-state index in [1.54, 1.807) is 7.05 Å². The summed E-state index contributed by atoms with van der Waals surface area (Å²) < 4.78 is 5.31. The van der Waals surface area contributed by atoms with Gasteiger partial charge in [0.15, 0.2) is 5.96 Å². The first-order chi connectivity index (χ1) is 12.1. The molecule has 0 fully saturated rings. The van der Waals surface area contributed by atoms with Gasteiger partial charge in [0.1, 0.15) is 0 Å². The number of ether oxygens (including phenoxy) is 1. The molecule has 0 aliphatic heterocycles. The number of amides is 1. The third kappa shape index (κ3) is 9.96. The van der Waals surface area contributed by atoms with Crippen molar-refractivity contribution in [2.75, 3.05) is 26.8 Å². The fraction of sp³-hybridized carbons (Fsp3) is 0.579. The number of guanidine groups is 1. The van der Waals surface area contributed by atoms with Crippen LogP contribution in [0.15, 0.2) is 29.3 Å². The van der Waals surface area contributed by atoms with Gasteiger partial charge in [0.05, 0.1) is 0 Å². The number of hydrogen-bond donors (Lipinski definition) is 3. The monoisotopic (exact) mass is 476 g/mol. The van der Waals surface area contributed by atoms with Crippen LogP contribution in [0, 0.1) is 0 Å². The SMILES string of the molecule is CCOCCCNC(=NC)NCc1cccc(C(=O)NC(C)CC)c1.I. The maximum Gasteiger partial charge on any atom is 0.251 e. The second-order valence-electron chi connectivity index (χ2n) is 5.89. The molecule has 1 amide bonds. The average Bonchev–Trinajstić information content (AvgIpc) is 2.64. The van der Waals surface area contributed by atoms with Crippen LogP contribution in [0.5, 0.6) is 0 Å². The molecule has 1 aromatic carbocycles. The molecule has 0 bridgehead atoms.